The lowest BCUT2D eigenvalue weighted by molar-refractivity contribution is 0.0171. The molecule has 2 saturated heterocycles. The monoisotopic (exact) mass is 502 g/mol. The highest BCUT2D eigenvalue weighted by atomic mass is 127. The van der Waals surface area contributed by atoms with Crippen LogP contribution < -0.4 is 15.5 Å². The van der Waals surface area contributed by atoms with Crippen LogP contribution in [-0.2, 0) is 9.47 Å². The van der Waals surface area contributed by atoms with E-state index in [2.05, 4.69) is 52.8 Å². The number of guanidine groups is 1. The average molecular weight is 502 g/mol. The van der Waals surface area contributed by atoms with Gasteiger partial charge in [0.15, 0.2) is 5.96 Å². The molecule has 0 saturated carbocycles. The van der Waals surface area contributed by atoms with Gasteiger partial charge in [0, 0.05) is 51.1 Å². The Morgan fingerprint density at radius 1 is 1.29 bits per heavy atom. The van der Waals surface area contributed by atoms with Crippen molar-refractivity contribution in [1.29, 1.82) is 0 Å². The van der Waals surface area contributed by atoms with Gasteiger partial charge >= 0.3 is 0 Å². The van der Waals surface area contributed by atoms with Crippen LogP contribution in [0.5, 0.6) is 0 Å². The third kappa shape index (κ3) is 7.75. The van der Waals surface area contributed by atoms with Crippen molar-refractivity contribution in [3.05, 3.63) is 30.3 Å². The number of halogens is 1. The van der Waals surface area contributed by atoms with Gasteiger partial charge in [-0.1, -0.05) is 18.2 Å². The van der Waals surface area contributed by atoms with Crippen LogP contribution in [0.1, 0.15) is 32.6 Å². The lowest BCUT2D eigenvalue weighted by Crippen LogP contribution is -2.44. The third-order valence-corrected chi connectivity index (χ3v) is 5.04. The molecule has 7 heteroatoms. The largest absolute Gasteiger partial charge is 0.379 e. The minimum atomic E-state index is 0. The summed E-state index contributed by atoms with van der Waals surface area (Å²) in [5.74, 6) is 0.913. The quantitative estimate of drug-likeness (QED) is 0.235. The lowest BCUT2D eigenvalue weighted by Gasteiger charge is -2.20. The van der Waals surface area contributed by atoms with Gasteiger partial charge in [0.05, 0.1) is 12.7 Å². The molecule has 1 aromatic carbocycles. The summed E-state index contributed by atoms with van der Waals surface area (Å²) in [6.45, 7) is 8.20. The number of nitrogens with zero attached hydrogens (tertiary/aromatic N) is 2. The van der Waals surface area contributed by atoms with Crippen LogP contribution in [0.25, 0.3) is 0 Å². The van der Waals surface area contributed by atoms with E-state index in [4.69, 9.17) is 14.5 Å². The second kappa shape index (κ2) is 13.2. The molecular formula is C21H35IN4O2. The van der Waals surface area contributed by atoms with Crippen LogP contribution in [0, 0.1) is 0 Å². The summed E-state index contributed by atoms with van der Waals surface area (Å²) in [5, 5.41) is 6.95. The molecule has 2 aliphatic rings. The smallest absolute Gasteiger partial charge is 0.191 e. The Kier molecular flexibility index (Phi) is 11.0. The maximum atomic E-state index is 5.71. The van der Waals surface area contributed by atoms with E-state index in [1.165, 1.54) is 12.1 Å². The average Bonchev–Trinajstić information content (AvgIpc) is 3.37. The van der Waals surface area contributed by atoms with Crippen LogP contribution in [-0.4, -0.2) is 64.1 Å². The minimum absolute atomic E-state index is 0. The van der Waals surface area contributed by atoms with Gasteiger partial charge in [0.2, 0.25) is 0 Å². The summed E-state index contributed by atoms with van der Waals surface area (Å²) in [6, 6.07) is 11.1. The van der Waals surface area contributed by atoms with E-state index in [9.17, 15) is 0 Å². The van der Waals surface area contributed by atoms with Crippen LogP contribution in [0.3, 0.4) is 0 Å². The number of benzene rings is 1. The molecule has 0 radical (unpaired) electrons. The maximum absolute atomic E-state index is 5.71. The minimum Gasteiger partial charge on any atom is -0.379 e. The number of rotatable bonds is 9. The molecule has 2 heterocycles. The van der Waals surface area contributed by atoms with Gasteiger partial charge in [-0.2, -0.15) is 0 Å². The maximum Gasteiger partial charge on any atom is 0.191 e. The van der Waals surface area contributed by atoms with Crippen molar-refractivity contribution in [3.8, 4) is 0 Å². The van der Waals surface area contributed by atoms with Gasteiger partial charge < -0.3 is 25.0 Å². The second-order valence-corrected chi connectivity index (χ2v) is 7.24. The van der Waals surface area contributed by atoms with Crippen LogP contribution in [0.15, 0.2) is 35.3 Å². The van der Waals surface area contributed by atoms with Gasteiger partial charge in [-0.25, -0.2) is 0 Å². The molecule has 2 unspecified atom stereocenters. The molecule has 0 amide bonds. The molecule has 3 rings (SSSR count). The first-order valence-electron chi connectivity index (χ1n) is 10.4. The molecule has 0 aliphatic carbocycles. The lowest BCUT2D eigenvalue weighted by atomic mass is 10.2. The van der Waals surface area contributed by atoms with E-state index in [-0.39, 0.29) is 24.0 Å². The highest BCUT2D eigenvalue weighted by Crippen LogP contribution is 2.19. The molecule has 6 nitrogen and oxygen atoms in total. The first kappa shape index (κ1) is 23.2. The predicted molar refractivity (Wildman–Crippen MR) is 126 cm³/mol. The van der Waals surface area contributed by atoms with Crippen molar-refractivity contribution in [1.82, 2.24) is 10.6 Å². The zero-order valence-electron chi connectivity index (χ0n) is 16.9. The Hall–Kier alpha value is -1.06. The second-order valence-electron chi connectivity index (χ2n) is 7.24. The summed E-state index contributed by atoms with van der Waals surface area (Å²) < 4.78 is 11.3. The molecule has 2 aliphatic heterocycles. The summed E-state index contributed by atoms with van der Waals surface area (Å²) in [4.78, 5) is 7.14. The fourth-order valence-corrected chi connectivity index (χ4v) is 3.61. The van der Waals surface area contributed by atoms with Crippen LogP contribution in [0.4, 0.5) is 5.69 Å². The van der Waals surface area contributed by atoms with E-state index < -0.39 is 0 Å². The van der Waals surface area contributed by atoms with Crippen molar-refractivity contribution in [3.63, 3.8) is 0 Å². The number of anilines is 1. The fraction of sp³-hybridized carbons (Fsp3) is 0.667. The van der Waals surface area contributed by atoms with E-state index in [1.54, 1.807) is 0 Å². The van der Waals surface area contributed by atoms with Crippen molar-refractivity contribution in [2.45, 2.75) is 44.8 Å². The van der Waals surface area contributed by atoms with E-state index in [0.29, 0.717) is 12.1 Å². The number of aliphatic imine (C=N–C) groups is 1. The number of hydrogen-bond donors (Lipinski definition) is 2. The summed E-state index contributed by atoms with van der Waals surface area (Å²) >= 11 is 0. The zero-order valence-corrected chi connectivity index (χ0v) is 19.3. The van der Waals surface area contributed by atoms with E-state index in [0.717, 1.165) is 71.2 Å². The summed E-state index contributed by atoms with van der Waals surface area (Å²) in [5.41, 5.74) is 1.30. The molecule has 1 aromatic rings. The number of hydrogen-bond acceptors (Lipinski definition) is 4. The predicted octanol–water partition coefficient (Wildman–Crippen LogP) is 3.02. The Balaban J connectivity index is 0.00000280. The molecule has 2 fully saturated rings. The number of para-hydroxylation sites is 1. The van der Waals surface area contributed by atoms with Gasteiger partial charge in [-0.15, -0.1) is 24.0 Å². The molecular weight excluding hydrogens is 467 g/mol. The summed E-state index contributed by atoms with van der Waals surface area (Å²) in [7, 11) is 0. The summed E-state index contributed by atoms with van der Waals surface area (Å²) in [6.07, 6.45) is 4.67. The third-order valence-electron chi connectivity index (χ3n) is 5.04. The van der Waals surface area contributed by atoms with Gasteiger partial charge in [-0.05, 0) is 44.7 Å². The van der Waals surface area contributed by atoms with Gasteiger partial charge in [0.1, 0.15) is 0 Å². The van der Waals surface area contributed by atoms with Crippen molar-refractivity contribution in [2.24, 2.45) is 4.99 Å². The molecule has 28 heavy (non-hydrogen) atoms. The Morgan fingerprint density at radius 3 is 2.89 bits per heavy atom. The first-order chi connectivity index (χ1) is 13.3. The van der Waals surface area contributed by atoms with E-state index >= 15 is 0 Å². The normalized spacial score (nSPS) is 22.2. The van der Waals surface area contributed by atoms with E-state index in [1.807, 2.05) is 0 Å². The molecule has 0 aromatic heterocycles. The molecule has 2 N–H and O–H groups in total. The Bertz CT molecular complexity index is 567. The SMILES string of the molecule is CCNC(=NCCCOCC1CCCO1)NC1CCN(c2ccccc2)C1.I. The van der Waals surface area contributed by atoms with Gasteiger partial charge in [-0.3, -0.25) is 4.99 Å². The van der Waals surface area contributed by atoms with Crippen LogP contribution >= 0.6 is 24.0 Å². The van der Waals surface area contributed by atoms with Gasteiger partial charge in [0.25, 0.3) is 0 Å². The molecule has 0 bridgehead atoms. The first-order valence-corrected chi connectivity index (χ1v) is 10.4. The highest BCUT2D eigenvalue weighted by Gasteiger charge is 2.23. The molecule has 0 spiro atoms. The Morgan fingerprint density at radius 2 is 2.14 bits per heavy atom. The van der Waals surface area contributed by atoms with Crippen molar-refractivity contribution < 1.29 is 9.47 Å². The van der Waals surface area contributed by atoms with Crippen LogP contribution in [0.2, 0.25) is 0 Å². The standard InChI is InChI=1S/C21H34N4O2.HI/c1-2-22-21(23-12-7-14-26-17-20-10-6-15-27-20)24-18-11-13-25(16-18)19-8-4-3-5-9-19;/h3-5,8-9,18,20H,2,6-7,10-17H2,1H3,(H2,22,23,24);1H. The van der Waals surface area contributed by atoms with Crippen molar-refractivity contribution >= 4 is 35.6 Å². The topological polar surface area (TPSA) is 58.1 Å². The fourth-order valence-electron chi connectivity index (χ4n) is 3.61. The molecule has 2 atom stereocenters. The molecule has 158 valence electrons. The number of ether oxygens (including phenoxy) is 2. The Labute approximate surface area is 186 Å². The van der Waals surface area contributed by atoms with Crippen molar-refractivity contribution in [2.75, 3.05) is 50.9 Å². The number of nitrogens with one attached hydrogen (secondary N) is 2. The zero-order chi connectivity index (χ0) is 18.7. The highest BCUT2D eigenvalue weighted by molar-refractivity contribution is 14.0.